The molecule has 1 aromatic carbocycles. The van der Waals surface area contributed by atoms with Crippen LogP contribution in [0.2, 0.25) is 0 Å². The zero-order chi connectivity index (χ0) is 13.9. The molecule has 0 bridgehead atoms. The van der Waals surface area contributed by atoms with Crippen LogP contribution in [0, 0.1) is 12.8 Å². The van der Waals surface area contributed by atoms with Crippen LogP contribution in [-0.2, 0) is 6.54 Å². The summed E-state index contributed by atoms with van der Waals surface area (Å²) in [5.74, 6) is 1.72. The minimum Gasteiger partial charge on any atom is -0.461 e. The van der Waals surface area contributed by atoms with E-state index in [0.717, 1.165) is 50.1 Å². The molecule has 1 heterocycles. The number of aliphatic hydroxyl groups excluding tert-OH is 1. The Balaban J connectivity index is 1.59. The summed E-state index contributed by atoms with van der Waals surface area (Å²) in [6.07, 6.45) is 4.13. The van der Waals surface area contributed by atoms with Gasteiger partial charge in [0.2, 0.25) is 0 Å². The summed E-state index contributed by atoms with van der Waals surface area (Å²) in [5.41, 5.74) is 2.25. The number of furan rings is 1. The molecule has 3 heteroatoms. The molecule has 1 aromatic heterocycles. The lowest BCUT2D eigenvalue weighted by atomic mass is 9.87. The first-order valence-corrected chi connectivity index (χ1v) is 7.60. The molecule has 1 fully saturated rings. The van der Waals surface area contributed by atoms with E-state index in [4.69, 9.17) is 4.42 Å². The van der Waals surface area contributed by atoms with Crippen molar-refractivity contribution >= 4 is 11.0 Å². The molecule has 1 aliphatic carbocycles. The molecule has 0 spiro atoms. The molecule has 108 valence electrons. The van der Waals surface area contributed by atoms with Crippen molar-refractivity contribution in [2.75, 3.05) is 6.54 Å². The van der Waals surface area contributed by atoms with Crippen molar-refractivity contribution in [3.05, 3.63) is 35.6 Å². The third kappa shape index (κ3) is 2.89. The molecule has 2 aromatic rings. The summed E-state index contributed by atoms with van der Waals surface area (Å²) in [6, 6.07) is 8.22. The van der Waals surface area contributed by atoms with E-state index in [2.05, 4.69) is 17.4 Å². The van der Waals surface area contributed by atoms with Crippen LogP contribution in [0.5, 0.6) is 0 Å². The maximum absolute atomic E-state index is 9.52. The van der Waals surface area contributed by atoms with Gasteiger partial charge in [0.1, 0.15) is 11.3 Å². The minimum absolute atomic E-state index is 0.0636. The van der Waals surface area contributed by atoms with Gasteiger partial charge in [0.15, 0.2) is 0 Å². The summed E-state index contributed by atoms with van der Waals surface area (Å²) < 4.78 is 5.78. The van der Waals surface area contributed by atoms with Gasteiger partial charge in [0, 0.05) is 17.5 Å². The molecule has 0 atom stereocenters. The third-order valence-electron chi connectivity index (χ3n) is 4.45. The fourth-order valence-corrected chi connectivity index (χ4v) is 3.19. The molecular weight excluding hydrogens is 250 g/mol. The van der Waals surface area contributed by atoms with Crippen LogP contribution < -0.4 is 5.32 Å². The Kier molecular flexibility index (Phi) is 4.08. The molecule has 1 aliphatic rings. The molecule has 0 saturated heterocycles. The van der Waals surface area contributed by atoms with E-state index >= 15 is 0 Å². The van der Waals surface area contributed by atoms with Gasteiger partial charge < -0.3 is 14.8 Å². The van der Waals surface area contributed by atoms with E-state index in [-0.39, 0.29) is 6.10 Å². The molecule has 0 amide bonds. The average molecular weight is 273 g/mol. The molecule has 0 radical (unpaired) electrons. The number of para-hydroxylation sites is 1. The quantitative estimate of drug-likeness (QED) is 0.897. The number of aryl methyl sites for hydroxylation is 1. The number of nitrogens with one attached hydrogen (secondary N) is 1. The second-order valence-corrected chi connectivity index (χ2v) is 5.94. The van der Waals surface area contributed by atoms with E-state index in [0.29, 0.717) is 5.92 Å². The second-order valence-electron chi connectivity index (χ2n) is 5.94. The third-order valence-corrected chi connectivity index (χ3v) is 4.45. The lowest BCUT2D eigenvalue weighted by molar-refractivity contribution is 0.108. The van der Waals surface area contributed by atoms with Crippen molar-refractivity contribution < 1.29 is 9.52 Å². The van der Waals surface area contributed by atoms with E-state index in [1.54, 1.807) is 0 Å². The molecule has 2 N–H and O–H groups in total. The maximum atomic E-state index is 9.52. The van der Waals surface area contributed by atoms with Gasteiger partial charge in [-0.05, 0) is 51.1 Å². The number of hydrogen-bond acceptors (Lipinski definition) is 3. The first-order valence-electron chi connectivity index (χ1n) is 7.60. The maximum Gasteiger partial charge on any atom is 0.134 e. The first-order chi connectivity index (χ1) is 9.74. The summed E-state index contributed by atoms with van der Waals surface area (Å²) >= 11 is 0. The van der Waals surface area contributed by atoms with Crippen LogP contribution >= 0.6 is 0 Å². The molecule has 0 aliphatic heterocycles. The van der Waals surface area contributed by atoms with E-state index in [1.165, 1.54) is 10.9 Å². The highest BCUT2D eigenvalue weighted by Crippen LogP contribution is 2.26. The van der Waals surface area contributed by atoms with Crippen molar-refractivity contribution in [2.45, 2.75) is 45.3 Å². The zero-order valence-electron chi connectivity index (χ0n) is 12.1. The highest BCUT2D eigenvalue weighted by Gasteiger charge is 2.19. The lowest BCUT2D eigenvalue weighted by Gasteiger charge is -2.25. The number of benzene rings is 1. The topological polar surface area (TPSA) is 45.4 Å². The Morgan fingerprint density at radius 3 is 2.75 bits per heavy atom. The van der Waals surface area contributed by atoms with Crippen molar-refractivity contribution in [2.24, 2.45) is 5.92 Å². The Bertz CT molecular complexity index is 567. The van der Waals surface area contributed by atoms with Crippen molar-refractivity contribution in [3.63, 3.8) is 0 Å². The highest BCUT2D eigenvalue weighted by atomic mass is 16.3. The Labute approximate surface area is 120 Å². The molecular formula is C17H23NO2. The predicted molar refractivity (Wildman–Crippen MR) is 80.6 cm³/mol. The van der Waals surface area contributed by atoms with Gasteiger partial charge in [0.05, 0.1) is 6.10 Å². The smallest absolute Gasteiger partial charge is 0.134 e. The minimum atomic E-state index is -0.0636. The van der Waals surface area contributed by atoms with E-state index in [1.807, 2.05) is 19.1 Å². The first kappa shape index (κ1) is 13.7. The summed E-state index contributed by atoms with van der Waals surface area (Å²) in [5, 5.41) is 14.3. The van der Waals surface area contributed by atoms with Crippen molar-refractivity contribution in [3.8, 4) is 0 Å². The molecule has 0 unspecified atom stereocenters. The second kappa shape index (κ2) is 5.98. The molecule has 1 saturated carbocycles. The fourth-order valence-electron chi connectivity index (χ4n) is 3.19. The highest BCUT2D eigenvalue weighted by molar-refractivity contribution is 5.82. The average Bonchev–Trinajstić information content (AvgIpc) is 2.77. The van der Waals surface area contributed by atoms with Crippen LogP contribution in [0.3, 0.4) is 0 Å². The van der Waals surface area contributed by atoms with Gasteiger partial charge in [0.25, 0.3) is 0 Å². The van der Waals surface area contributed by atoms with Gasteiger partial charge in [-0.1, -0.05) is 18.2 Å². The zero-order valence-corrected chi connectivity index (χ0v) is 12.1. The number of hydrogen-bond donors (Lipinski definition) is 2. The van der Waals surface area contributed by atoms with Gasteiger partial charge in [-0.15, -0.1) is 0 Å². The van der Waals surface area contributed by atoms with Crippen LogP contribution in [0.4, 0.5) is 0 Å². The standard InChI is InChI=1S/C17H23NO2/c1-12-16(15-4-2-3-5-17(15)20-12)11-18-10-13-6-8-14(19)9-7-13/h2-5,13-14,18-19H,6-11H2,1H3. The number of fused-ring (bicyclic) bond motifs is 1. The summed E-state index contributed by atoms with van der Waals surface area (Å²) in [4.78, 5) is 0. The number of aliphatic hydroxyl groups is 1. The normalized spacial score (nSPS) is 23.3. The van der Waals surface area contributed by atoms with Crippen molar-refractivity contribution in [1.82, 2.24) is 5.32 Å². The van der Waals surface area contributed by atoms with Crippen molar-refractivity contribution in [1.29, 1.82) is 0 Å². The largest absolute Gasteiger partial charge is 0.461 e. The Morgan fingerprint density at radius 1 is 1.20 bits per heavy atom. The van der Waals surface area contributed by atoms with E-state index in [9.17, 15) is 5.11 Å². The summed E-state index contributed by atoms with van der Waals surface area (Å²) in [6.45, 7) is 3.93. The summed E-state index contributed by atoms with van der Waals surface area (Å²) in [7, 11) is 0. The van der Waals surface area contributed by atoms with E-state index < -0.39 is 0 Å². The molecule has 3 rings (SSSR count). The van der Waals surface area contributed by atoms with Crippen LogP contribution in [0.15, 0.2) is 28.7 Å². The van der Waals surface area contributed by atoms with Gasteiger partial charge in [-0.2, -0.15) is 0 Å². The van der Waals surface area contributed by atoms with Crippen LogP contribution in [0.25, 0.3) is 11.0 Å². The Hall–Kier alpha value is -1.32. The Morgan fingerprint density at radius 2 is 1.95 bits per heavy atom. The predicted octanol–water partition coefficient (Wildman–Crippen LogP) is 3.38. The molecule has 3 nitrogen and oxygen atoms in total. The lowest BCUT2D eigenvalue weighted by Crippen LogP contribution is -2.27. The fraction of sp³-hybridized carbons (Fsp3) is 0.529. The van der Waals surface area contributed by atoms with Gasteiger partial charge in [-0.3, -0.25) is 0 Å². The van der Waals surface area contributed by atoms with Crippen LogP contribution in [0.1, 0.15) is 37.0 Å². The van der Waals surface area contributed by atoms with Gasteiger partial charge >= 0.3 is 0 Å². The monoisotopic (exact) mass is 273 g/mol. The van der Waals surface area contributed by atoms with Gasteiger partial charge in [-0.25, -0.2) is 0 Å². The number of rotatable bonds is 4. The SMILES string of the molecule is Cc1oc2ccccc2c1CNCC1CCC(O)CC1. The van der Waals surface area contributed by atoms with Crippen LogP contribution in [-0.4, -0.2) is 17.8 Å². The molecule has 20 heavy (non-hydrogen) atoms.